The molecule has 1 aromatic heterocycles. The van der Waals surface area contributed by atoms with Gasteiger partial charge < -0.3 is 10.5 Å². The summed E-state index contributed by atoms with van der Waals surface area (Å²) in [6.07, 6.45) is 3.26. The zero-order valence-corrected chi connectivity index (χ0v) is 12.9. The van der Waals surface area contributed by atoms with Gasteiger partial charge in [-0.2, -0.15) is 0 Å². The minimum absolute atomic E-state index is 0.0895. The van der Waals surface area contributed by atoms with Gasteiger partial charge in [0.25, 0.3) is 0 Å². The first kappa shape index (κ1) is 15.9. The van der Waals surface area contributed by atoms with Crippen LogP contribution in [0.3, 0.4) is 0 Å². The number of pyridine rings is 1. The molecule has 2 rings (SSSR count). The van der Waals surface area contributed by atoms with Crippen LogP contribution in [0.1, 0.15) is 25.8 Å². The van der Waals surface area contributed by atoms with Gasteiger partial charge in [0, 0.05) is 24.6 Å². The Morgan fingerprint density at radius 3 is 2.95 bits per heavy atom. The molecule has 0 spiro atoms. The summed E-state index contributed by atoms with van der Waals surface area (Å²) in [5.41, 5.74) is 5.21. The van der Waals surface area contributed by atoms with E-state index in [0.717, 1.165) is 0 Å². The smallest absolute Gasteiger partial charge is 0.242 e. The molecule has 6 nitrogen and oxygen atoms in total. The van der Waals surface area contributed by atoms with Gasteiger partial charge in [-0.05, 0) is 26.3 Å². The number of aromatic nitrogens is 1. The summed E-state index contributed by atoms with van der Waals surface area (Å²) in [5.74, 6) is 5.45. The van der Waals surface area contributed by atoms with Crippen LogP contribution in [-0.2, 0) is 14.8 Å². The summed E-state index contributed by atoms with van der Waals surface area (Å²) in [7, 11) is -3.67. The van der Waals surface area contributed by atoms with E-state index in [2.05, 4.69) is 21.5 Å². The quantitative estimate of drug-likeness (QED) is 0.780. The highest BCUT2D eigenvalue weighted by molar-refractivity contribution is 7.89. The van der Waals surface area contributed by atoms with E-state index in [1.807, 2.05) is 13.8 Å². The van der Waals surface area contributed by atoms with Gasteiger partial charge in [-0.3, -0.25) is 4.98 Å². The molecule has 21 heavy (non-hydrogen) atoms. The predicted molar refractivity (Wildman–Crippen MR) is 78.9 cm³/mol. The Morgan fingerprint density at radius 1 is 1.57 bits per heavy atom. The Balaban J connectivity index is 2.27. The van der Waals surface area contributed by atoms with Crippen LogP contribution in [0.15, 0.2) is 23.4 Å². The van der Waals surface area contributed by atoms with Crippen LogP contribution in [0, 0.1) is 11.8 Å². The van der Waals surface area contributed by atoms with Crippen molar-refractivity contribution in [3.8, 4) is 11.8 Å². The van der Waals surface area contributed by atoms with E-state index in [1.54, 1.807) is 0 Å². The Labute approximate surface area is 125 Å². The standard InChI is InChI=1S/C14H19N3O3S/c1-11-14(2,5-7-20-11)17-21(18,19)13-8-12(4-3-6-15)9-16-10-13/h8-11,17H,5-7,15H2,1-2H3. The van der Waals surface area contributed by atoms with Crippen LogP contribution in [0.2, 0.25) is 0 Å². The van der Waals surface area contributed by atoms with E-state index in [1.165, 1.54) is 18.5 Å². The third-order valence-electron chi connectivity index (χ3n) is 3.61. The lowest BCUT2D eigenvalue weighted by molar-refractivity contribution is 0.0957. The molecule has 1 saturated heterocycles. The van der Waals surface area contributed by atoms with Gasteiger partial charge in [-0.15, -0.1) is 0 Å². The maximum Gasteiger partial charge on any atom is 0.242 e. The predicted octanol–water partition coefficient (Wildman–Crippen LogP) is 0.238. The molecule has 2 atom stereocenters. The van der Waals surface area contributed by atoms with Crippen LogP contribution >= 0.6 is 0 Å². The zero-order chi connectivity index (χ0) is 15.5. The zero-order valence-electron chi connectivity index (χ0n) is 12.1. The van der Waals surface area contributed by atoms with Crippen LogP contribution in [-0.4, -0.2) is 38.2 Å². The normalized spacial score (nSPS) is 25.4. The van der Waals surface area contributed by atoms with Gasteiger partial charge in [-0.1, -0.05) is 11.8 Å². The van der Waals surface area contributed by atoms with Crippen molar-refractivity contribution >= 4 is 10.0 Å². The maximum atomic E-state index is 12.5. The highest BCUT2D eigenvalue weighted by Crippen LogP contribution is 2.27. The largest absolute Gasteiger partial charge is 0.376 e. The van der Waals surface area contributed by atoms with Crippen molar-refractivity contribution in [2.24, 2.45) is 5.73 Å². The second-order valence-corrected chi connectivity index (χ2v) is 6.88. The monoisotopic (exact) mass is 309 g/mol. The van der Waals surface area contributed by atoms with Crippen molar-refractivity contribution in [1.82, 2.24) is 9.71 Å². The molecular weight excluding hydrogens is 290 g/mol. The topological polar surface area (TPSA) is 94.3 Å². The second kappa shape index (κ2) is 6.12. The first-order valence-electron chi connectivity index (χ1n) is 6.67. The average molecular weight is 309 g/mol. The fourth-order valence-corrected chi connectivity index (χ4v) is 3.60. The molecule has 114 valence electrons. The van der Waals surface area contributed by atoms with E-state index < -0.39 is 15.6 Å². The summed E-state index contributed by atoms with van der Waals surface area (Å²) in [6.45, 7) is 4.45. The van der Waals surface area contributed by atoms with Gasteiger partial charge in [0.15, 0.2) is 0 Å². The Kier molecular flexibility index (Phi) is 4.64. The lowest BCUT2D eigenvalue weighted by Gasteiger charge is -2.28. The van der Waals surface area contributed by atoms with Crippen LogP contribution < -0.4 is 10.5 Å². The highest BCUT2D eigenvalue weighted by atomic mass is 32.2. The first-order valence-corrected chi connectivity index (χ1v) is 8.15. The number of nitrogens with two attached hydrogens (primary N) is 1. The molecule has 0 radical (unpaired) electrons. The molecule has 2 unspecified atom stereocenters. The van der Waals surface area contributed by atoms with Crippen LogP contribution in [0.5, 0.6) is 0 Å². The third-order valence-corrected chi connectivity index (χ3v) is 5.19. The highest BCUT2D eigenvalue weighted by Gasteiger charge is 2.40. The first-order chi connectivity index (χ1) is 9.87. The molecule has 0 aliphatic carbocycles. The molecule has 1 aliphatic rings. The Hall–Kier alpha value is -1.46. The molecule has 3 N–H and O–H groups in total. The van der Waals surface area contributed by atoms with E-state index in [4.69, 9.17) is 10.5 Å². The Morgan fingerprint density at radius 2 is 2.33 bits per heavy atom. The minimum Gasteiger partial charge on any atom is -0.376 e. The van der Waals surface area contributed by atoms with Gasteiger partial charge >= 0.3 is 0 Å². The molecular formula is C14H19N3O3S. The minimum atomic E-state index is -3.67. The Bertz CT molecular complexity index is 678. The van der Waals surface area contributed by atoms with Crippen LogP contribution in [0.4, 0.5) is 0 Å². The number of nitrogens with zero attached hydrogens (tertiary/aromatic N) is 1. The number of sulfonamides is 1. The van der Waals surface area contributed by atoms with Crippen LogP contribution in [0.25, 0.3) is 0 Å². The maximum absolute atomic E-state index is 12.5. The van der Waals surface area contributed by atoms with Gasteiger partial charge in [0.05, 0.1) is 18.2 Å². The number of hydrogen-bond acceptors (Lipinski definition) is 5. The summed E-state index contributed by atoms with van der Waals surface area (Å²) in [6, 6.07) is 1.49. The molecule has 7 heteroatoms. The average Bonchev–Trinajstić information content (AvgIpc) is 2.75. The lowest BCUT2D eigenvalue weighted by Crippen LogP contribution is -2.50. The number of ether oxygens (including phenoxy) is 1. The SMILES string of the molecule is CC1OCCC1(C)NS(=O)(=O)c1cncc(C#CCN)c1. The number of rotatable bonds is 3. The van der Waals surface area contributed by atoms with Crippen molar-refractivity contribution in [1.29, 1.82) is 0 Å². The summed E-state index contributed by atoms with van der Waals surface area (Å²) >= 11 is 0. The summed E-state index contributed by atoms with van der Waals surface area (Å²) in [5, 5.41) is 0. The third kappa shape index (κ3) is 3.60. The van der Waals surface area contributed by atoms with E-state index in [0.29, 0.717) is 18.6 Å². The van der Waals surface area contributed by atoms with Crippen molar-refractivity contribution in [2.45, 2.75) is 36.8 Å². The van der Waals surface area contributed by atoms with E-state index in [9.17, 15) is 8.42 Å². The number of hydrogen-bond donors (Lipinski definition) is 2. The molecule has 1 aliphatic heterocycles. The fourth-order valence-electron chi connectivity index (χ4n) is 2.12. The molecule has 0 aromatic carbocycles. The molecule has 0 saturated carbocycles. The van der Waals surface area contributed by atoms with Gasteiger partial charge in [-0.25, -0.2) is 13.1 Å². The molecule has 1 aromatic rings. The van der Waals surface area contributed by atoms with Crippen molar-refractivity contribution < 1.29 is 13.2 Å². The lowest BCUT2D eigenvalue weighted by atomic mass is 9.97. The van der Waals surface area contributed by atoms with Crippen molar-refractivity contribution in [3.63, 3.8) is 0 Å². The molecule has 0 bridgehead atoms. The van der Waals surface area contributed by atoms with Gasteiger partial charge in [0.1, 0.15) is 4.90 Å². The van der Waals surface area contributed by atoms with E-state index >= 15 is 0 Å². The summed E-state index contributed by atoms with van der Waals surface area (Å²) < 4.78 is 33.1. The van der Waals surface area contributed by atoms with Crippen molar-refractivity contribution in [3.05, 3.63) is 24.0 Å². The van der Waals surface area contributed by atoms with E-state index in [-0.39, 0.29) is 17.5 Å². The fraction of sp³-hybridized carbons (Fsp3) is 0.500. The molecule has 1 fully saturated rings. The summed E-state index contributed by atoms with van der Waals surface area (Å²) in [4.78, 5) is 4.02. The molecule has 2 heterocycles. The van der Waals surface area contributed by atoms with Crippen molar-refractivity contribution in [2.75, 3.05) is 13.2 Å². The second-order valence-electron chi connectivity index (χ2n) is 5.20. The number of nitrogens with one attached hydrogen (secondary N) is 1. The molecule has 0 amide bonds. The van der Waals surface area contributed by atoms with Gasteiger partial charge in [0.2, 0.25) is 10.0 Å².